The Morgan fingerprint density at radius 2 is 2.24 bits per heavy atom. The fourth-order valence-corrected chi connectivity index (χ4v) is 3.01. The lowest BCUT2D eigenvalue weighted by molar-refractivity contribution is 0.0940. The van der Waals surface area contributed by atoms with Gasteiger partial charge in [-0.2, -0.15) is 4.52 Å². The summed E-state index contributed by atoms with van der Waals surface area (Å²) in [5.41, 5.74) is 1.31. The third-order valence-electron chi connectivity index (χ3n) is 4.33. The van der Waals surface area contributed by atoms with Crippen LogP contribution in [-0.4, -0.2) is 52.0 Å². The highest BCUT2D eigenvalue weighted by Crippen LogP contribution is 2.19. The minimum atomic E-state index is -0.0898. The molecule has 1 aliphatic rings. The molecule has 1 saturated heterocycles. The average molecular weight is 338 g/mol. The molecule has 8 nitrogen and oxygen atoms in total. The molecule has 128 valence electrons. The number of ether oxygens (including phenoxy) is 1. The Balaban J connectivity index is 1.42. The molecule has 1 fully saturated rings. The average Bonchev–Trinajstić information content (AvgIpc) is 3.30. The van der Waals surface area contributed by atoms with Gasteiger partial charge in [0.15, 0.2) is 5.65 Å². The van der Waals surface area contributed by atoms with Crippen molar-refractivity contribution in [2.75, 3.05) is 25.1 Å². The Morgan fingerprint density at radius 1 is 1.32 bits per heavy atom. The van der Waals surface area contributed by atoms with Crippen molar-refractivity contribution in [3.05, 3.63) is 48.3 Å². The Morgan fingerprint density at radius 3 is 3.12 bits per heavy atom. The van der Waals surface area contributed by atoms with Crippen LogP contribution in [0, 0.1) is 0 Å². The Bertz CT molecular complexity index is 909. The first kappa shape index (κ1) is 15.4. The molecule has 1 amide bonds. The summed E-state index contributed by atoms with van der Waals surface area (Å²) < 4.78 is 6.82. The smallest absolute Gasteiger partial charge is 0.251 e. The van der Waals surface area contributed by atoms with E-state index in [4.69, 9.17) is 4.74 Å². The molecule has 0 saturated carbocycles. The molecule has 0 radical (unpaired) electrons. The van der Waals surface area contributed by atoms with E-state index in [1.807, 2.05) is 24.3 Å². The summed E-state index contributed by atoms with van der Waals surface area (Å²) in [5.74, 6) is 1.44. The highest BCUT2D eigenvalue weighted by Gasteiger charge is 2.25. The van der Waals surface area contributed by atoms with Gasteiger partial charge in [-0.25, -0.2) is 0 Å². The van der Waals surface area contributed by atoms with Crippen LogP contribution in [0.2, 0.25) is 0 Å². The topological polar surface area (TPSA) is 84.6 Å². The number of hydrogen-bond donors (Lipinski definition) is 1. The van der Waals surface area contributed by atoms with Gasteiger partial charge in [0.1, 0.15) is 17.9 Å². The van der Waals surface area contributed by atoms with Crippen molar-refractivity contribution >= 4 is 17.4 Å². The minimum absolute atomic E-state index is 0.0807. The predicted octanol–water partition coefficient (Wildman–Crippen LogP) is 1.14. The van der Waals surface area contributed by atoms with E-state index in [1.165, 1.54) is 0 Å². The van der Waals surface area contributed by atoms with Crippen LogP contribution in [0.25, 0.3) is 5.65 Å². The number of nitrogens with one attached hydrogen (secondary N) is 1. The van der Waals surface area contributed by atoms with E-state index in [1.54, 1.807) is 30.1 Å². The fourth-order valence-electron chi connectivity index (χ4n) is 3.01. The van der Waals surface area contributed by atoms with E-state index in [2.05, 4.69) is 25.5 Å². The number of rotatable bonds is 4. The normalized spacial score (nSPS) is 17.0. The molecule has 3 aromatic rings. The summed E-state index contributed by atoms with van der Waals surface area (Å²) in [4.78, 5) is 14.6. The van der Waals surface area contributed by atoms with Gasteiger partial charge >= 0.3 is 0 Å². The summed E-state index contributed by atoms with van der Waals surface area (Å²) in [6, 6.07) is 11.1. The lowest BCUT2D eigenvalue weighted by Crippen LogP contribution is -2.37. The number of anilines is 1. The zero-order valence-electron chi connectivity index (χ0n) is 13.8. The van der Waals surface area contributed by atoms with E-state index in [0.717, 1.165) is 25.3 Å². The molecular weight excluding hydrogens is 320 g/mol. The number of carbonyl (C=O) groups excluding carboxylic acids is 1. The van der Waals surface area contributed by atoms with Gasteiger partial charge in [-0.3, -0.25) is 4.79 Å². The Hall–Kier alpha value is -3.16. The van der Waals surface area contributed by atoms with Crippen molar-refractivity contribution in [2.45, 2.75) is 12.5 Å². The number of aromatic nitrogens is 4. The first-order chi connectivity index (χ1) is 12.2. The quantitative estimate of drug-likeness (QED) is 0.768. The maximum absolute atomic E-state index is 12.4. The molecule has 1 unspecified atom stereocenters. The molecular formula is C17H18N6O2. The largest absolute Gasteiger partial charge is 0.497 e. The molecule has 25 heavy (non-hydrogen) atoms. The first-order valence-electron chi connectivity index (χ1n) is 8.10. The van der Waals surface area contributed by atoms with Gasteiger partial charge in [0.25, 0.3) is 5.91 Å². The molecule has 2 aromatic heterocycles. The van der Waals surface area contributed by atoms with E-state index in [-0.39, 0.29) is 11.9 Å². The van der Waals surface area contributed by atoms with Gasteiger partial charge in [-0.05, 0) is 36.8 Å². The fraction of sp³-hybridized carbons (Fsp3) is 0.294. The Kier molecular flexibility index (Phi) is 3.93. The molecule has 1 atom stereocenters. The SMILES string of the molecule is COc1cccc(C(=O)NC2CCN(c3ccc4nncn4n3)C2)c1. The second-order valence-corrected chi connectivity index (χ2v) is 5.96. The third-order valence-corrected chi connectivity index (χ3v) is 4.33. The molecule has 0 spiro atoms. The van der Waals surface area contributed by atoms with Crippen LogP contribution in [0.15, 0.2) is 42.7 Å². The predicted molar refractivity (Wildman–Crippen MR) is 91.9 cm³/mol. The second-order valence-electron chi connectivity index (χ2n) is 5.96. The number of hydrogen-bond acceptors (Lipinski definition) is 6. The molecule has 8 heteroatoms. The lowest BCUT2D eigenvalue weighted by Gasteiger charge is -2.18. The van der Waals surface area contributed by atoms with Gasteiger partial charge in [-0.1, -0.05) is 6.07 Å². The van der Waals surface area contributed by atoms with Crippen LogP contribution in [0.1, 0.15) is 16.8 Å². The van der Waals surface area contributed by atoms with E-state index in [9.17, 15) is 4.79 Å². The number of benzene rings is 1. The van der Waals surface area contributed by atoms with Crippen molar-refractivity contribution in [3.63, 3.8) is 0 Å². The molecule has 1 N–H and O–H groups in total. The van der Waals surface area contributed by atoms with Crippen molar-refractivity contribution in [1.29, 1.82) is 0 Å². The first-order valence-corrected chi connectivity index (χ1v) is 8.10. The van der Waals surface area contributed by atoms with E-state index < -0.39 is 0 Å². The van der Waals surface area contributed by atoms with Crippen LogP contribution in [0.4, 0.5) is 5.82 Å². The van der Waals surface area contributed by atoms with Crippen LogP contribution in [0.5, 0.6) is 5.75 Å². The zero-order valence-corrected chi connectivity index (χ0v) is 13.8. The van der Waals surface area contributed by atoms with Gasteiger partial charge in [0, 0.05) is 24.7 Å². The summed E-state index contributed by atoms with van der Waals surface area (Å²) in [7, 11) is 1.59. The van der Waals surface area contributed by atoms with E-state index in [0.29, 0.717) is 17.0 Å². The van der Waals surface area contributed by atoms with Gasteiger partial charge in [0.2, 0.25) is 0 Å². The molecule has 0 aliphatic carbocycles. The molecule has 0 bridgehead atoms. The number of carbonyl (C=O) groups is 1. The second kappa shape index (κ2) is 6.39. The molecule has 1 aromatic carbocycles. The third kappa shape index (κ3) is 3.10. The standard InChI is InChI=1S/C17H18N6O2/c1-25-14-4-2-3-12(9-14)17(24)19-13-7-8-22(10-13)16-6-5-15-20-18-11-23(15)21-16/h2-6,9,11,13H,7-8,10H2,1H3,(H,19,24). The van der Waals surface area contributed by atoms with Crippen molar-refractivity contribution in [2.24, 2.45) is 0 Å². The summed E-state index contributed by atoms with van der Waals surface area (Å²) in [5, 5.41) is 15.4. The zero-order chi connectivity index (χ0) is 17.2. The Labute approximate surface area is 144 Å². The van der Waals surface area contributed by atoms with Crippen molar-refractivity contribution in [1.82, 2.24) is 25.1 Å². The highest BCUT2D eigenvalue weighted by molar-refractivity contribution is 5.94. The molecule has 4 rings (SSSR count). The molecule has 1 aliphatic heterocycles. The van der Waals surface area contributed by atoms with Gasteiger partial charge < -0.3 is 15.0 Å². The van der Waals surface area contributed by atoms with Crippen LogP contribution in [-0.2, 0) is 0 Å². The van der Waals surface area contributed by atoms with Crippen molar-refractivity contribution < 1.29 is 9.53 Å². The number of amides is 1. The highest BCUT2D eigenvalue weighted by atomic mass is 16.5. The number of fused-ring (bicyclic) bond motifs is 1. The maximum atomic E-state index is 12.4. The number of methoxy groups -OCH3 is 1. The summed E-state index contributed by atoms with van der Waals surface area (Å²) >= 11 is 0. The maximum Gasteiger partial charge on any atom is 0.251 e. The number of nitrogens with zero attached hydrogens (tertiary/aromatic N) is 5. The summed E-state index contributed by atoms with van der Waals surface area (Å²) in [6.45, 7) is 1.56. The van der Waals surface area contributed by atoms with Crippen LogP contribution >= 0.6 is 0 Å². The van der Waals surface area contributed by atoms with Gasteiger partial charge in [-0.15, -0.1) is 15.3 Å². The van der Waals surface area contributed by atoms with Gasteiger partial charge in [0.05, 0.1) is 7.11 Å². The lowest BCUT2D eigenvalue weighted by atomic mass is 10.2. The summed E-state index contributed by atoms with van der Waals surface area (Å²) in [6.07, 6.45) is 2.45. The monoisotopic (exact) mass is 338 g/mol. The van der Waals surface area contributed by atoms with Crippen LogP contribution in [0.3, 0.4) is 0 Å². The molecule has 3 heterocycles. The van der Waals surface area contributed by atoms with E-state index >= 15 is 0 Å². The van der Waals surface area contributed by atoms with Crippen molar-refractivity contribution in [3.8, 4) is 5.75 Å². The minimum Gasteiger partial charge on any atom is -0.497 e. The van der Waals surface area contributed by atoms with Crippen LogP contribution < -0.4 is 15.0 Å².